The molecule has 0 saturated carbocycles. The van der Waals surface area contributed by atoms with Crippen LogP contribution in [0.25, 0.3) is 0 Å². The Morgan fingerprint density at radius 3 is 2.44 bits per heavy atom. The van der Waals surface area contributed by atoms with Crippen LogP contribution in [0.1, 0.15) is 51.0 Å². The van der Waals surface area contributed by atoms with Crippen molar-refractivity contribution in [2.75, 3.05) is 0 Å². The average molecular weight is 285 g/mol. The molecule has 1 rings (SSSR count). The molecule has 2 heteroatoms. The highest BCUT2D eigenvalue weighted by Gasteiger charge is 2.04. The molecule has 16 heavy (non-hydrogen) atoms. The van der Waals surface area contributed by atoms with Crippen LogP contribution >= 0.6 is 15.9 Å². The Morgan fingerprint density at radius 1 is 1.06 bits per heavy atom. The van der Waals surface area contributed by atoms with Crippen LogP contribution < -0.4 is 0 Å². The van der Waals surface area contributed by atoms with Gasteiger partial charge in [-0.1, -0.05) is 61.0 Å². The van der Waals surface area contributed by atoms with Crippen LogP contribution in [0.15, 0.2) is 22.7 Å². The van der Waals surface area contributed by atoms with E-state index in [9.17, 15) is 5.11 Å². The number of aromatic hydroxyl groups is 1. The maximum Gasteiger partial charge on any atom is 0.119 e. The predicted octanol–water partition coefficient (Wildman–Crippen LogP) is 5.06. The monoisotopic (exact) mass is 284 g/mol. The standard InChI is InChI=1S/C14H21BrO/c1-2-3-4-5-6-7-9-12-13(15)10-8-11-14(12)16/h8,10-11,16H,2-7,9H2,1H3. The Kier molecular flexibility index (Phi) is 6.55. The van der Waals surface area contributed by atoms with Crippen LogP contribution in [0.3, 0.4) is 0 Å². The molecule has 0 spiro atoms. The van der Waals surface area contributed by atoms with E-state index in [4.69, 9.17) is 0 Å². The summed E-state index contributed by atoms with van der Waals surface area (Å²) in [5.41, 5.74) is 1.05. The second-order valence-electron chi connectivity index (χ2n) is 4.26. The number of hydrogen-bond donors (Lipinski definition) is 1. The third kappa shape index (κ3) is 4.56. The van der Waals surface area contributed by atoms with Crippen LogP contribution in [0.5, 0.6) is 5.75 Å². The fourth-order valence-corrected chi connectivity index (χ4v) is 2.43. The molecule has 0 heterocycles. The highest BCUT2D eigenvalue weighted by Crippen LogP contribution is 2.27. The normalized spacial score (nSPS) is 10.6. The topological polar surface area (TPSA) is 20.2 Å². The number of phenols is 1. The molecular weight excluding hydrogens is 264 g/mol. The lowest BCUT2D eigenvalue weighted by Gasteiger charge is -2.06. The van der Waals surface area contributed by atoms with Crippen LogP contribution in [-0.2, 0) is 6.42 Å². The van der Waals surface area contributed by atoms with E-state index < -0.39 is 0 Å². The highest BCUT2D eigenvalue weighted by atomic mass is 79.9. The van der Waals surface area contributed by atoms with Gasteiger partial charge in [-0.3, -0.25) is 0 Å². The minimum Gasteiger partial charge on any atom is -0.508 e. The second kappa shape index (κ2) is 7.72. The molecular formula is C14H21BrO. The minimum atomic E-state index is 0.419. The molecule has 0 saturated heterocycles. The van der Waals surface area contributed by atoms with Gasteiger partial charge in [0.05, 0.1) is 0 Å². The van der Waals surface area contributed by atoms with E-state index in [1.165, 1.54) is 38.5 Å². The number of rotatable bonds is 7. The van der Waals surface area contributed by atoms with Crippen molar-refractivity contribution in [1.29, 1.82) is 0 Å². The minimum absolute atomic E-state index is 0.419. The summed E-state index contributed by atoms with van der Waals surface area (Å²) in [6.07, 6.45) is 8.71. The van der Waals surface area contributed by atoms with Crippen LogP contribution in [0, 0.1) is 0 Å². The summed E-state index contributed by atoms with van der Waals surface area (Å²) in [5, 5.41) is 9.70. The van der Waals surface area contributed by atoms with E-state index in [0.29, 0.717) is 5.75 Å². The Labute approximate surface area is 107 Å². The summed E-state index contributed by atoms with van der Waals surface area (Å²) in [4.78, 5) is 0. The smallest absolute Gasteiger partial charge is 0.119 e. The number of unbranched alkanes of at least 4 members (excludes halogenated alkanes) is 5. The van der Waals surface area contributed by atoms with Gasteiger partial charge in [-0.2, -0.15) is 0 Å². The van der Waals surface area contributed by atoms with Crippen molar-refractivity contribution < 1.29 is 5.11 Å². The molecule has 0 aliphatic carbocycles. The zero-order valence-electron chi connectivity index (χ0n) is 10.0. The number of phenolic OH excluding ortho intramolecular Hbond substituents is 1. The van der Waals surface area contributed by atoms with Crippen molar-refractivity contribution in [2.24, 2.45) is 0 Å². The van der Waals surface area contributed by atoms with Gasteiger partial charge in [0.15, 0.2) is 0 Å². The second-order valence-corrected chi connectivity index (χ2v) is 5.11. The van der Waals surface area contributed by atoms with Crippen LogP contribution in [-0.4, -0.2) is 5.11 Å². The Hall–Kier alpha value is -0.500. The Bertz CT molecular complexity index is 289. The van der Waals surface area contributed by atoms with E-state index in [1.54, 1.807) is 6.07 Å². The lowest BCUT2D eigenvalue weighted by molar-refractivity contribution is 0.465. The molecule has 1 N–H and O–H groups in total. The lowest BCUT2D eigenvalue weighted by Crippen LogP contribution is -1.89. The maximum atomic E-state index is 9.70. The molecule has 90 valence electrons. The largest absolute Gasteiger partial charge is 0.508 e. The fraction of sp³-hybridized carbons (Fsp3) is 0.571. The van der Waals surface area contributed by atoms with Gasteiger partial charge in [0.1, 0.15) is 5.75 Å². The summed E-state index contributed by atoms with van der Waals surface area (Å²) in [6, 6.07) is 5.62. The van der Waals surface area contributed by atoms with Gasteiger partial charge in [-0.15, -0.1) is 0 Å². The van der Waals surface area contributed by atoms with Crippen molar-refractivity contribution in [3.8, 4) is 5.75 Å². The van der Waals surface area contributed by atoms with Crippen molar-refractivity contribution >= 4 is 15.9 Å². The summed E-state index contributed by atoms with van der Waals surface area (Å²) >= 11 is 3.48. The molecule has 0 aliphatic rings. The zero-order valence-corrected chi connectivity index (χ0v) is 11.6. The average Bonchev–Trinajstić information content (AvgIpc) is 2.26. The molecule has 0 radical (unpaired) electrons. The molecule has 1 aromatic rings. The van der Waals surface area contributed by atoms with E-state index in [-0.39, 0.29) is 0 Å². The third-order valence-electron chi connectivity index (χ3n) is 2.87. The molecule has 0 bridgehead atoms. The third-order valence-corrected chi connectivity index (χ3v) is 3.62. The first-order chi connectivity index (χ1) is 7.75. The number of benzene rings is 1. The predicted molar refractivity (Wildman–Crippen MR) is 72.9 cm³/mol. The number of hydrogen-bond acceptors (Lipinski definition) is 1. The molecule has 0 aliphatic heterocycles. The quantitative estimate of drug-likeness (QED) is 0.694. The maximum absolute atomic E-state index is 9.70. The molecule has 0 amide bonds. The molecule has 0 fully saturated rings. The first-order valence-electron chi connectivity index (χ1n) is 6.22. The van der Waals surface area contributed by atoms with Crippen molar-refractivity contribution in [1.82, 2.24) is 0 Å². The number of halogens is 1. The van der Waals surface area contributed by atoms with Gasteiger partial charge in [-0.25, -0.2) is 0 Å². The van der Waals surface area contributed by atoms with Crippen molar-refractivity contribution in [3.63, 3.8) is 0 Å². The molecule has 0 aromatic heterocycles. The molecule has 0 atom stereocenters. The Balaban J connectivity index is 2.26. The Morgan fingerprint density at radius 2 is 1.75 bits per heavy atom. The molecule has 1 aromatic carbocycles. The van der Waals surface area contributed by atoms with Gasteiger partial charge in [-0.05, 0) is 25.0 Å². The van der Waals surface area contributed by atoms with Crippen LogP contribution in [0.2, 0.25) is 0 Å². The van der Waals surface area contributed by atoms with Crippen molar-refractivity contribution in [2.45, 2.75) is 51.9 Å². The zero-order chi connectivity index (χ0) is 11.8. The molecule has 1 nitrogen and oxygen atoms in total. The fourth-order valence-electron chi connectivity index (χ4n) is 1.88. The van der Waals surface area contributed by atoms with Crippen molar-refractivity contribution in [3.05, 3.63) is 28.2 Å². The van der Waals surface area contributed by atoms with E-state index in [1.807, 2.05) is 12.1 Å². The summed E-state index contributed by atoms with van der Waals surface area (Å²) < 4.78 is 1.03. The molecule has 0 unspecified atom stereocenters. The SMILES string of the molecule is CCCCCCCCc1c(O)cccc1Br. The van der Waals surface area contributed by atoms with Gasteiger partial charge < -0.3 is 5.11 Å². The summed E-state index contributed by atoms with van der Waals surface area (Å²) in [7, 11) is 0. The van der Waals surface area contributed by atoms with Gasteiger partial charge in [0.25, 0.3) is 0 Å². The first-order valence-corrected chi connectivity index (χ1v) is 7.01. The van der Waals surface area contributed by atoms with Gasteiger partial charge in [0.2, 0.25) is 0 Å². The first kappa shape index (κ1) is 13.6. The van der Waals surface area contributed by atoms with Gasteiger partial charge in [0, 0.05) is 10.0 Å². The summed E-state index contributed by atoms with van der Waals surface area (Å²) in [6.45, 7) is 2.24. The summed E-state index contributed by atoms with van der Waals surface area (Å²) in [5.74, 6) is 0.419. The van der Waals surface area contributed by atoms with Crippen LogP contribution in [0.4, 0.5) is 0 Å². The van der Waals surface area contributed by atoms with Gasteiger partial charge >= 0.3 is 0 Å². The van der Waals surface area contributed by atoms with E-state index >= 15 is 0 Å². The van der Waals surface area contributed by atoms with E-state index in [0.717, 1.165) is 16.5 Å². The highest BCUT2D eigenvalue weighted by molar-refractivity contribution is 9.10. The van der Waals surface area contributed by atoms with E-state index in [2.05, 4.69) is 22.9 Å². The lowest BCUT2D eigenvalue weighted by atomic mass is 10.0.